The van der Waals surface area contributed by atoms with Crippen molar-refractivity contribution in [2.24, 2.45) is 0 Å². The van der Waals surface area contributed by atoms with E-state index < -0.39 is 18.5 Å². The van der Waals surface area contributed by atoms with Gasteiger partial charge in [0, 0.05) is 6.04 Å². The second-order valence-electron chi connectivity index (χ2n) is 4.70. The Bertz CT molecular complexity index is 600. The predicted molar refractivity (Wildman–Crippen MR) is 81.1 cm³/mol. The normalized spacial score (nSPS) is 12.1. The number of hydrogen-bond donors (Lipinski definition) is 2. The number of nitrogens with one attached hydrogen (secondary N) is 1. The van der Waals surface area contributed by atoms with E-state index in [0.29, 0.717) is 11.3 Å². The van der Waals surface area contributed by atoms with Gasteiger partial charge in [0.1, 0.15) is 17.4 Å². The van der Waals surface area contributed by atoms with Crippen molar-refractivity contribution in [3.05, 3.63) is 35.4 Å². The molecule has 0 aliphatic heterocycles. The van der Waals surface area contributed by atoms with Crippen molar-refractivity contribution in [1.82, 2.24) is 5.32 Å². The first-order valence-electron chi connectivity index (χ1n) is 6.83. The van der Waals surface area contributed by atoms with Crippen LogP contribution in [-0.4, -0.2) is 29.6 Å². The maximum atomic E-state index is 11.9. The molecule has 0 saturated heterocycles. The number of ether oxygens (including phenoxy) is 1. The molecule has 116 valence electrons. The van der Waals surface area contributed by atoms with E-state index in [1.807, 2.05) is 19.9 Å². The highest BCUT2D eigenvalue weighted by Crippen LogP contribution is 2.14. The van der Waals surface area contributed by atoms with Gasteiger partial charge in [0.2, 0.25) is 0 Å². The second-order valence-corrected chi connectivity index (χ2v) is 4.70. The van der Waals surface area contributed by atoms with Crippen LogP contribution in [0.25, 0.3) is 6.08 Å². The number of carboxylic acid groups (broad SMARTS) is 1. The number of carbonyl (C=O) groups excluding carboxylic acids is 1. The lowest BCUT2D eigenvalue weighted by Gasteiger charge is -2.10. The van der Waals surface area contributed by atoms with Crippen molar-refractivity contribution >= 4 is 18.0 Å². The smallest absolute Gasteiger partial charge is 0.341 e. The van der Waals surface area contributed by atoms with Gasteiger partial charge in [0.15, 0.2) is 6.61 Å². The SMILES string of the molecule is CC[C@H](C)NC(=O)/C(C#N)=C/c1ccc(OCC(=O)O)cc1. The van der Waals surface area contributed by atoms with Crippen molar-refractivity contribution in [3.8, 4) is 11.8 Å². The topological polar surface area (TPSA) is 99.4 Å². The fourth-order valence-electron chi connectivity index (χ4n) is 1.52. The van der Waals surface area contributed by atoms with E-state index in [1.54, 1.807) is 24.3 Å². The lowest BCUT2D eigenvalue weighted by molar-refractivity contribution is -0.139. The summed E-state index contributed by atoms with van der Waals surface area (Å²) >= 11 is 0. The molecule has 2 N–H and O–H groups in total. The van der Waals surface area contributed by atoms with Crippen molar-refractivity contribution in [2.45, 2.75) is 26.3 Å². The molecule has 0 heterocycles. The minimum Gasteiger partial charge on any atom is -0.482 e. The van der Waals surface area contributed by atoms with Crippen LogP contribution in [0.4, 0.5) is 0 Å². The van der Waals surface area contributed by atoms with Crippen LogP contribution in [0, 0.1) is 11.3 Å². The molecule has 6 heteroatoms. The Labute approximate surface area is 129 Å². The van der Waals surface area contributed by atoms with E-state index in [9.17, 15) is 9.59 Å². The largest absolute Gasteiger partial charge is 0.482 e. The molecule has 6 nitrogen and oxygen atoms in total. The van der Waals surface area contributed by atoms with Gasteiger partial charge >= 0.3 is 5.97 Å². The first-order valence-corrected chi connectivity index (χ1v) is 6.83. The number of nitriles is 1. The first kappa shape index (κ1) is 17.2. The average molecular weight is 302 g/mol. The summed E-state index contributed by atoms with van der Waals surface area (Å²) in [5.41, 5.74) is 0.665. The van der Waals surface area contributed by atoms with Gasteiger partial charge < -0.3 is 15.2 Å². The molecule has 0 unspecified atom stereocenters. The van der Waals surface area contributed by atoms with Gasteiger partial charge in [-0.1, -0.05) is 19.1 Å². The summed E-state index contributed by atoms with van der Waals surface area (Å²) in [5.74, 6) is -1.07. The van der Waals surface area contributed by atoms with Crippen molar-refractivity contribution in [2.75, 3.05) is 6.61 Å². The van der Waals surface area contributed by atoms with Gasteiger partial charge in [-0.05, 0) is 37.1 Å². The monoisotopic (exact) mass is 302 g/mol. The van der Waals surface area contributed by atoms with Crippen molar-refractivity contribution in [3.63, 3.8) is 0 Å². The van der Waals surface area contributed by atoms with Gasteiger partial charge in [-0.25, -0.2) is 4.79 Å². The molecule has 0 radical (unpaired) electrons. The number of hydrogen-bond acceptors (Lipinski definition) is 4. The standard InChI is InChI=1S/C16H18N2O4/c1-3-11(2)18-16(21)13(9-17)8-12-4-6-14(7-5-12)22-10-15(19)20/h4-8,11H,3,10H2,1-2H3,(H,18,21)(H,19,20)/b13-8+/t11-/m0/s1. The second kappa shape index (κ2) is 8.47. The molecule has 0 aromatic heterocycles. The minimum absolute atomic E-state index is 0.00366. The highest BCUT2D eigenvalue weighted by Gasteiger charge is 2.11. The van der Waals surface area contributed by atoms with Crippen LogP contribution < -0.4 is 10.1 Å². The number of aliphatic carboxylic acids is 1. The molecule has 0 spiro atoms. The zero-order valence-electron chi connectivity index (χ0n) is 12.5. The number of amides is 1. The fourth-order valence-corrected chi connectivity index (χ4v) is 1.52. The third-order valence-electron chi connectivity index (χ3n) is 2.91. The molecule has 0 fully saturated rings. The van der Waals surface area contributed by atoms with E-state index >= 15 is 0 Å². The van der Waals surface area contributed by atoms with Crippen LogP contribution in [0.15, 0.2) is 29.8 Å². The number of carboxylic acids is 1. The summed E-state index contributed by atoms with van der Waals surface area (Å²) in [6.07, 6.45) is 2.25. The van der Waals surface area contributed by atoms with Crippen LogP contribution in [0.2, 0.25) is 0 Å². The van der Waals surface area contributed by atoms with Gasteiger partial charge in [-0.2, -0.15) is 5.26 Å². The van der Waals surface area contributed by atoms with Gasteiger partial charge in [0.05, 0.1) is 0 Å². The maximum Gasteiger partial charge on any atom is 0.341 e. The molecule has 0 bridgehead atoms. The highest BCUT2D eigenvalue weighted by atomic mass is 16.5. The molecule has 1 aromatic carbocycles. The molecular weight excluding hydrogens is 284 g/mol. The Morgan fingerprint density at radius 3 is 2.55 bits per heavy atom. The number of benzene rings is 1. The quantitative estimate of drug-likeness (QED) is 0.592. The molecule has 1 atom stereocenters. The Morgan fingerprint density at radius 2 is 2.05 bits per heavy atom. The third-order valence-corrected chi connectivity index (χ3v) is 2.91. The summed E-state index contributed by atoms with van der Waals surface area (Å²) in [4.78, 5) is 22.3. The number of rotatable bonds is 7. The van der Waals surface area contributed by atoms with E-state index in [4.69, 9.17) is 15.1 Å². The van der Waals surface area contributed by atoms with Crippen LogP contribution >= 0.6 is 0 Å². The summed E-state index contributed by atoms with van der Waals surface area (Å²) in [5, 5.41) is 20.3. The molecule has 1 aromatic rings. The molecule has 22 heavy (non-hydrogen) atoms. The number of nitrogens with zero attached hydrogens (tertiary/aromatic N) is 1. The van der Waals surface area contributed by atoms with Gasteiger partial charge in [0.25, 0.3) is 5.91 Å². The van der Waals surface area contributed by atoms with Gasteiger partial charge in [-0.3, -0.25) is 4.79 Å². The summed E-state index contributed by atoms with van der Waals surface area (Å²) in [6.45, 7) is 3.38. The summed E-state index contributed by atoms with van der Waals surface area (Å²) in [6, 6.07) is 8.32. The van der Waals surface area contributed by atoms with Crippen molar-refractivity contribution < 1.29 is 19.4 Å². The molecule has 0 aliphatic carbocycles. The fraction of sp³-hybridized carbons (Fsp3) is 0.312. The Morgan fingerprint density at radius 1 is 1.41 bits per heavy atom. The highest BCUT2D eigenvalue weighted by molar-refractivity contribution is 6.01. The summed E-state index contributed by atoms with van der Waals surface area (Å²) < 4.78 is 5.00. The Balaban J connectivity index is 2.79. The first-order chi connectivity index (χ1) is 10.5. The molecular formula is C16H18N2O4. The van der Waals surface area contributed by atoms with E-state index in [0.717, 1.165) is 6.42 Å². The van der Waals surface area contributed by atoms with Crippen LogP contribution in [0.3, 0.4) is 0 Å². The van der Waals surface area contributed by atoms with Crippen molar-refractivity contribution in [1.29, 1.82) is 5.26 Å². The zero-order chi connectivity index (χ0) is 16.5. The van der Waals surface area contributed by atoms with E-state index in [1.165, 1.54) is 6.08 Å². The third kappa shape index (κ3) is 5.67. The lowest BCUT2D eigenvalue weighted by Crippen LogP contribution is -2.32. The predicted octanol–water partition coefficient (Wildman–Crippen LogP) is 1.97. The molecule has 1 amide bonds. The minimum atomic E-state index is -1.06. The maximum absolute atomic E-state index is 11.9. The molecule has 1 rings (SSSR count). The molecule has 0 aliphatic rings. The average Bonchev–Trinajstić information content (AvgIpc) is 2.51. The lowest BCUT2D eigenvalue weighted by atomic mass is 10.1. The van der Waals surface area contributed by atoms with Crippen LogP contribution in [-0.2, 0) is 9.59 Å². The van der Waals surface area contributed by atoms with Crippen LogP contribution in [0.1, 0.15) is 25.8 Å². The Kier molecular flexibility index (Phi) is 6.64. The molecule has 0 saturated carbocycles. The summed E-state index contributed by atoms with van der Waals surface area (Å²) in [7, 11) is 0. The van der Waals surface area contributed by atoms with E-state index in [-0.39, 0.29) is 11.6 Å². The van der Waals surface area contributed by atoms with Crippen LogP contribution in [0.5, 0.6) is 5.75 Å². The number of carbonyl (C=O) groups is 2. The zero-order valence-corrected chi connectivity index (χ0v) is 12.5. The van der Waals surface area contributed by atoms with E-state index in [2.05, 4.69) is 5.32 Å². The van der Waals surface area contributed by atoms with Gasteiger partial charge in [-0.15, -0.1) is 0 Å². The Hall–Kier alpha value is -2.81.